The summed E-state index contributed by atoms with van der Waals surface area (Å²) < 4.78 is 59.3. The quantitative estimate of drug-likeness (QED) is 0.818. The molecule has 1 amide bonds. The van der Waals surface area contributed by atoms with Crippen LogP contribution in [0.15, 0.2) is 35.4 Å². The molecule has 6 nitrogen and oxygen atoms in total. The smallest absolute Gasteiger partial charge is 0.281 e. The Balaban J connectivity index is 2.40. The zero-order valence-corrected chi connectivity index (χ0v) is 14.9. The molecular weight excluding hydrogens is 378 g/mol. The summed E-state index contributed by atoms with van der Waals surface area (Å²) in [6, 6.07) is 4.38. The fraction of sp³-hybridized carbons (Fsp3) is 0.267. The average Bonchev–Trinajstić information content (AvgIpc) is 2.95. The van der Waals surface area contributed by atoms with E-state index in [2.05, 4.69) is 0 Å². The molecule has 0 bridgehead atoms. The highest BCUT2D eigenvalue weighted by Gasteiger charge is 2.27. The van der Waals surface area contributed by atoms with E-state index < -0.39 is 32.8 Å². The molecule has 0 spiro atoms. The van der Waals surface area contributed by atoms with Crippen LogP contribution in [0.2, 0.25) is 5.02 Å². The highest BCUT2D eigenvalue weighted by atomic mass is 35.5. The lowest BCUT2D eigenvalue weighted by Gasteiger charge is -2.13. The number of sulfonamides is 1. The van der Waals surface area contributed by atoms with Crippen LogP contribution in [0, 0.1) is 0 Å². The van der Waals surface area contributed by atoms with Crippen molar-refractivity contribution in [1.82, 2.24) is 9.29 Å². The first-order chi connectivity index (χ1) is 11.7. The number of halogens is 3. The van der Waals surface area contributed by atoms with Crippen LogP contribution in [0.5, 0.6) is 5.75 Å². The Morgan fingerprint density at radius 1 is 1.36 bits per heavy atom. The normalized spacial score (nSPS) is 11.6. The fourth-order valence-electron chi connectivity index (χ4n) is 2.22. The van der Waals surface area contributed by atoms with Crippen molar-refractivity contribution in [2.75, 3.05) is 7.11 Å². The number of benzene rings is 1. The number of nitrogens with zero attached hydrogens (tertiary/aromatic N) is 1. The van der Waals surface area contributed by atoms with Crippen molar-refractivity contribution in [2.45, 2.75) is 24.8 Å². The number of hydrogen-bond donors (Lipinski definition) is 1. The van der Waals surface area contributed by atoms with Gasteiger partial charge in [0.1, 0.15) is 11.4 Å². The Kier molecular flexibility index (Phi) is 5.69. The fourth-order valence-corrected chi connectivity index (χ4v) is 3.61. The second kappa shape index (κ2) is 7.40. The molecular formula is C15H15ClF2N2O4S. The third-order valence-corrected chi connectivity index (χ3v) is 5.02. The molecule has 0 aliphatic rings. The molecule has 0 aliphatic carbocycles. The third kappa shape index (κ3) is 4.10. The van der Waals surface area contributed by atoms with Gasteiger partial charge in [-0.3, -0.25) is 4.79 Å². The number of rotatable bonds is 6. The summed E-state index contributed by atoms with van der Waals surface area (Å²) in [6.07, 6.45) is -1.60. The lowest BCUT2D eigenvalue weighted by atomic mass is 10.2. The summed E-state index contributed by atoms with van der Waals surface area (Å²) in [5.74, 6) is -0.892. The van der Waals surface area contributed by atoms with Crippen LogP contribution < -0.4 is 9.46 Å². The van der Waals surface area contributed by atoms with E-state index in [-0.39, 0.29) is 16.5 Å². The van der Waals surface area contributed by atoms with Gasteiger partial charge in [-0.25, -0.2) is 21.9 Å². The van der Waals surface area contributed by atoms with Crippen molar-refractivity contribution in [2.24, 2.45) is 0 Å². The lowest BCUT2D eigenvalue weighted by molar-refractivity contribution is 0.0972. The van der Waals surface area contributed by atoms with Crippen LogP contribution in [0.3, 0.4) is 0 Å². The Hall–Kier alpha value is -2.13. The van der Waals surface area contributed by atoms with Gasteiger partial charge < -0.3 is 9.30 Å². The monoisotopic (exact) mass is 392 g/mol. The van der Waals surface area contributed by atoms with Crippen molar-refractivity contribution in [3.8, 4) is 5.75 Å². The molecule has 1 aromatic heterocycles. The molecule has 0 atom stereocenters. The second-order valence-corrected chi connectivity index (χ2v) is 7.06. The predicted molar refractivity (Wildman–Crippen MR) is 87.7 cm³/mol. The molecule has 1 N–H and O–H groups in total. The molecule has 1 aromatic carbocycles. The number of carbonyl (C=O) groups excluding carboxylic acids is 1. The molecule has 0 fully saturated rings. The Bertz CT molecular complexity index is 897. The zero-order valence-electron chi connectivity index (χ0n) is 13.3. The molecule has 0 aliphatic heterocycles. The van der Waals surface area contributed by atoms with Gasteiger partial charge in [-0.1, -0.05) is 11.6 Å². The van der Waals surface area contributed by atoms with Gasteiger partial charge in [0.2, 0.25) is 0 Å². The number of methoxy groups -OCH3 is 1. The van der Waals surface area contributed by atoms with Gasteiger partial charge in [0.25, 0.3) is 22.4 Å². The summed E-state index contributed by atoms with van der Waals surface area (Å²) >= 11 is 5.81. The van der Waals surface area contributed by atoms with E-state index in [1.807, 2.05) is 0 Å². The van der Waals surface area contributed by atoms with E-state index in [1.54, 1.807) is 11.6 Å². The van der Waals surface area contributed by atoms with Gasteiger partial charge in [0.15, 0.2) is 0 Å². The predicted octanol–water partition coefficient (Wildman–Crippen LogP) is 3.23. The van der Waals surface area contributed by atoms with Crippen LogP contribution in [0.25, 0.3) is 0 Å². The Morgan fingerprint density at radius 2 is 2.04 bits per heavy atom. The van der Waals surface area contributed by atoms with E-state index in [4.69, 9.17) is 16.3 Å². The van der Waals surface area contributed by atoms with Gasteiger partial charge in [-0.2, -0.15) is 0 Å². The molecule has 2 aromatic rings. The summed E-state index contributed by atoms with van der Waals surface area (Å²) in [7, 11) is -3.25. The number of amides is 1. The van der Waals surface area contributed by atoms with Crippen LogP contribution in [-0.2, 0) is 16.6 Å². The number of carbonyl (C=O) groups is 1. The first-order valence-electron chi connectivity index (χ1n) is 7.08. The Labute approximate surface area is 148 Å². The second-order valence-electron chi connectivity index (χ2n) is 4.97. The molecule has 10 heteroatoms. The van der Waals surface area contributed by atoms with E-state index >= 15 is 0 Å². The summed E-state index contributed by atoms with van der Waals surface area (Å²) in [6.45, 7) is 2.11. The number of ether oxygens (including phenoxy) is 1. The highest BCUT2D eigenvalue weighted by molar-refractivity contribution is 7.90. The minimum atomic E-state index is -4.52. The maximum absolute atomic E-state index is 13.2. The maximum Gasteiger partial charge on any atom is 0.281 e. The minimum absolute atomic E-state index is 0.00295. The highest BCUT2D eigenvalue weighted by Crippen LogP contribution is 2.30. The Morgan fingerprint density at radius 3 is 2.60 bits per heavy atom. The average molecular weight is 393 g/mol. The lowest BCUT2D eigenvalue weighted by Crippen LogP contribution is -2.32. The van der Waals surface area contributed by atoms with Crippen LogP contribution in [0.4, 0.5) is 8.78 Å². The van der Waals surface area contributed by atoms with Crippen LogP contribution >= 0.6 is 11.6 Å². The molecule has 25 heavy (non-hydrogen) atoms. The molecule has 0 saturated heterocycles. The van der Waals surface area contributed by atoms with Crippen LogP contribution in [0.1, 0.15) is 29.4 Å². The van der Waals surface area contributed by atoms with Gasteiger partial charge in [-0.15, -0.1) is 0 Å². The number of alkyl halides is 2. The van der Waals surface area contributed by atoms with Crippen molar-refractivity contribution in [3.63, 3.8) is 0 Å². The van der Waals surface area contributed by atoms with E-state index in [0.29, 0.717) is 6.54 Å². The van der Waals surface area contributed by atoms with E-state index in [1.165, 1.54) is 30.0 Å². The first kappa shape index (κ1) is 19.2. The van der Waals surface area contributed by atoms with Gasteiger partial charge in [0, 0.05) is 18.3 Å². The van der Waals surface area contributed by atoms with E-state index in [0.717, 1.165) is 12.1 Å². The van der Waals surface area contributed by atoms with Gasteiger partial charge in [-0.05, 0) is 31.2 Å². The van der Waals surface area contributed by atoms with Crippen molar-refractivity contribution in [3.05, 3.63) is 46.7 Å². The molecule has 0 unspecified atom stereocenters. The van der Waals surface area contributed by atoms with Gasteiger partial charge in [0.05, 0.1) is 17.0 Å². The number of aryl methyl sites for hydroxylation is 1. The van der Waals surface area contributed by atoms with E-state index in [9.17, 15) is 22.0 Å². The summed E-state index contributed by atoms with van der Waals surface area (Å²) in [4.78, 5) is 11.6. The summed E-state index contributed by atoms with van der Waals surface area (Å²) in [5.41, 5.74) is -0.758. The number of hydrogen-bond acceptors (Lipinski definition) is 4. The number of aromatic nitrogens is 1. The van der Waals surface area contributed by atoms with Crippen LogP contribution in [-0.4, -0.2) is 26.0 Å². The molecule has 0 radical (unpaired) electrons. The van der Waals surface area contributed by atoms with Crippen molar-refractivity contribution >= 4 is 27.5 Å². The van der Waals surface area contributed by atoms with Crippen molar-refractivity contribution in [1.29, 1.82) is 0 Å². The molecule has 2 rings (SSSR count). The largest absolute Gasteiger partial charge is 0.497 e. The third-order valence-electron chi connectivity index (χ3n) is 3.41. The SMILES string of the molecule is CCn1cc(Cl)cc1C(=O)NS(=O)(=O)c1ccc(OC)cc1C(F)F. The zero-order chi connectivity index (χ0) is 18.8. The van der Waals surface area contributed by atoms with Crippen molar-refractivity contribution < 1.29 is 26.7 Å². The summed E-state index contributed by atoms with van der Waals surface area (Å²) in [5, 5.41) is 0.252. The molecule has 1 heterocycles. The number of nitrogens with one attached hydrogen (secondary N) is 1. The molecule has 0 saturated carbocycles. The topological polar surface area (TPSA) is 77.4 Å². The molecule has 136 valence electrons. The maximum atomic E-state index is 13.2. The minimum Gasteiger partial charge on any atom is -0.497 e. The first-order valence-corrected chi connectivity index (χ1v) is 8.94. The standard InChI is InChI=1S/C15H15ClF2N2O4S/c1-3-20-8-9(16)6-12(20)15(21)19-25(22,23)13-5-4-10(24-2)7-11(13)14(17)18/h4-8,14H,3H2,1-2H3,(H,19,21). The van der Waals surface area contributed by atoms with Gasteiger partial charge >= 0.3 is 0 Å².